The minimum absolute atomic E-state index is 0.427. The number of para-hydroxylation sites is 2. The lowest BCUT2D eigenvalue weighted by molar-refractivity contribution is -0.136. The highest BCUT2D eigenvalue weighted by Gasteiger charge is 2.22. The topological polar surface area (TPSA) is 67.4 Å². The van der Waals surface area contributed by atoms with E-state index < -0.39 is 17.9 Å². The van der Waals surface area contributed by atoms with E-state index in [-0.39, 0.29) is 0 Å². The van der Waals surface area contributed by atoms with E-state index in [1.165, 1.54) is 7.11 Å². The van der Waals surface area contributed by atoms with E-state index in [4.69, 9.17) is 4.74 Å². The highest BCUT2D eigenvalue weighted by molar-refractivity contribution is 6.39. The zero-order valence-corrected chi connectivity index (χ0v) is 14.9. The van der Waals surface area contributed by atoms with Crippen molar-refractivity contribution in [3.8, 4) is 5.75 Å². The summed E-state index contributed by atoms with van der Waals surface area (Å²) in [5.74, 6) is -0.990. The third-order valence-corrected chi connectivity index (χ3v) is 4.10. The molecule has 0 unspecified atom stereocenters. The van der Waals surface area contributed by atoms with Crippen LogP contribution in [0.15, 0.2) is 84.9 Å². The lowest BCUT2D eigenvalue weighted by atomic mass is 9.99. The number of carbonyl (C=O) groups is 2. The van der Waals surface area contributed by atoms with Gasteiger partial charge in [-0.25, -0.2) is 0 Å². The molecular weight excluding hydrogens is 340 g/mol. The van der Waals surface area contributed by atoms with Gasteiger partial charge < -0.3 is 15.4 Å². The van der Waals surface area contributed by atoms with Gasteiger partial charge in [0, 0.05) is 0 Å². The molecule has 0 fully saturated rings. The van der Waals surface area contributed by atoms with Crippen LogP contribution in [0.5, 0.6) is 5.75 Å². The van der Waals surface area contributed by atoms with Crippen LogP contribution < -0.4 is 15.4 Å². The standard InChI is InChI=1S/C22H20N2O3/c1-27-19-15-9-8-14-18(19)23-21(25)22(26)24-20(16-10-4-2-5-11-16)17-12-6-3-7-13-17/h2-15,20H,1H3,(H,23,25)(H,24,26). The Bertz CT molecular complexity index is 872. The molecule has 0 saturated carbocycles. The Balaban J connectivity index is 1.79. The Hall–Kier alpha value is -3.60. The lowest BCUT2D eigenvalue weighted by Crippen LogP contribution is -2.38. The van der Waals surface area contributed by atoms with Gasteiger partial charge in [-0.15, -0.1) is 0 Å². The summed E-state index contributed by atoms with van der Waals surface area (Å²) in [7, 11) is 1.51. The van der Waals surface area contributed by atoms with Crippen LogP contribution in [-0.2, 0) is 9.59 Å². The molecule has 2 N–H and O–H groups in total. The molecule has 3 aromatic rings. The molecule has 0 radical (unpaired) electrons. The van der Waals surface area contributed by atoms with Crippen molar-refractivity contribution in [1.82, 2.24) is 5.32 Å². The van der Waals surface area contributed by atoms with E-state index in [2.05, 4.69) is 10.6 Å². The van der Waals surface area contributed by atoms with Crippen LogP contribution in [0.3, 0.4) is 0 Å². The number of anilines is 1. The van der Waals surface area contributed by atoms with Crippen LogP contribution in [-0.4, -0.2) is 18.9 Å². The second-order valence-corrected chi connectivity index (χ2v) is 5.88. The molecular formula is C22H20N2O3. The Morgan fingerprint density at radius 1 is 0.741 bits per heavy atom. The predicted octanol–water partition coefficient (Wildman–Crippen LogP) is 3.54. The molecule has 0 saturated heterocycles. The largest absolute Gasteiger partial charge is 0.495 e. The van der Waals surface area contributed by atoms with Crippen molar-refractivity contribution in [3.63, 3.8) is 0 Å². The van der Waals surface area contributed by atoms with Crippen LogP contribution in [0.4, 0.5) is 5.69 Å². The molecule has 0 aliphatic heterocycles. The Morgan fingerprint density at radius 2 is 1.26 bits per heavy atom. The van der Waals surface area contributed by atoms with E-state index in [1.54, 1.807) is 24.3 Å². The summed E-state index contributed by atoms with van der Waals surface area (Å²) < 4.78 is 5.20. The van der Waals surface area contributed by atoms with Crippen LogP contribution in [0.25, 0.3) is 0 Å². The normalized spacial score (nSPS) is 10.3. The van der Waals surface area contributed by atoms with Gasteiger partial charge in [0.15, 0.2) is 0 Å². The van der Waals surface area contributed by atoms with Crippen molar-refractivity contribution in [2.75, 3.05) is 12.4 Å². The molecule has 0 aliphatic rings. The fourth-order valence-electron chi connectivity index (χ4n) is 2.77. The van der Waals surface area contributed by atoms with Crippen LogP contribution in [0.1, 0.15) is 17.2 Å². The number of nitrogens with one attached hydrogen (secondary N) is 2. The first-order valence-electron chi connectivity index (χ1n) is 8.54. The van der Waals surface area contributed by atoms with Gasteiger partial charge >= 0.3 is 11.8 Å². The molecule has 27 heavy (non-hydrogen) atoms. The van der Waals surface area contributed by atoms with Crippen LogP contribution >= 0.6 is 0 Å². The monoisotopic (exact) mass is 360 g/mol. The smallest absolute Gasteiger partial charge is 0.313 e. The first-order valence-corrected chi connectivity index (χ1v) is 8.54. The maximum Gasteiger partial charge on any atom is 0.313 e. The zero-order valence-electron chi connectivity index (χ0n) is 14.9. The van der Waals surface area contributed by atoms with Crippen molar-refractivity contribution in [2.45, 2.75) is 6.04 Å². The summed E-state index contributed by atoms with van der Waals surface area (Å²) in [6.07, 6.45) is 0. The predicted molar refractivity (Wildman–Crippen MR) is 104 cm³/mol. The molecule has 5 heteroatoms. The SMILES string of the molecule is COc1ccccc1NC(=O)C(=O)NC(c1ccccc1)c1ccccc1. The summed E-state index contributed by atoms with van der Waals surface area (Å²) >= 11 is 0. The van der Waals surface area contributed by atoms with E-state index in [9.17, 15) is 9.59 Å². The van der Waals surface area contributed by atoms with Gasteiger partial charge in [0.05, 0.1) is 18.8 Å². The fourth-order valence-corrected chi connectivity index (χ4v) is 2.77. The highest BCUT2D eigenvalue weighted by Crippen LogP contribution is 2.24. The quantitative estimate of drug-likeness (QED) is 0.684. The maximum absolute atomic E-state index is 12.5. The molecule has 136 valence electrons. The first-order chi connectivity index (χ1) is 13.2. The molecule has 2 amide bonds. The van der Waals surface area contributed by atoms with Crippen molar-refractivity contribution >= 4 is 17.5 Å². The minimum Gasteiger partial charge on any atom is -0.495 e. The number of rotatable bonds is 5. The van der Waals surface area contributed by atoms with Crippen molar-refractivity contribution < 1.29 is 14.3 Å². The number of benzene rings is 3. The van der Waals surface area contributed by atoms with Crippen molar-refractivity contribution in [3.05, 3.63) is 96.1 Å². The van der Waals surface area contributed by atoms with Crippen molar-refractivity contribution in [2.24, 2.45) is 0 Å². The second kappa shape index (κ2) is 8.67. The second-order valence-electron chi connectivity index (χ2n) is 5.88. The van der Waals surface area contributed by atoms with Gasteiger partial charge in [-0.1, -0.05) is 72.8 Å². The van der Waals surface area contributed by atoms with Crippen LogP contribution in [0, 0.1) is 0 Å². The number of methoxy groups -OCH3 is 1. The van der Waals surface area contributed by atoms with Gasteiger partial charge in [-0.2, -0.15) is 0 Å². The first kappa shape index (κ1) is 18.2. The summed E-state index contributed by atoms with van der Waals surface area (Å²) in [5, 5.41) is 5.41. The molecule has 0 aromatic heterocycles. The fraction of sp³-hybridized carbons (Fsp3) is 0.0909. The summed E-state index contributed by atoms with van der Waals surface area (Å²) in [6.45, 7) is 0. The van der Waals surface area contributed by atoms with E-state index >= 15 is 0 Å². The van der Waals surface area contributed by atoms with Crippen molar-refractivity contribution in [1.29, 1.82) is 0 Å². The van der Waals surface area contributed by atoms with Gasteiger partial charge in [0.1, 0.15) is 5.75 Å². The van der Waals surface area contributed by atoms with E-state index in [0.717, 1.165) is 11.1 Å². The lowest BCUT2D eigenvalue weighted by Gasteiger charge is -2.19. The van der Waals surface area contributed by atoms with Crippen LogP contribution in [0.2, 0.25) is 0 Å². The molecule has 0 bridgehead atoms. The average Bonchev–Trinajstić information content (AvgIpc) is 2.73. The summed E-state index contributed by atoms with van der Waals surface area (Å²) in [5.41, 5.74) is 2.22. The maximum atomic E-state index is 12.5. The van der Waals surface area contributed by atoms with Gasteiger partial charge in [0.2, 0.25) is 0 Å². The Kier molecular flexibility index (Phi) is 5.84. The molecule has 5 nitrogen and oxygen atoms in total. The average molecular weight is 360 g/mol. The van der Waals surface area contributed by atoms with Gasteiger partial charge in [0.25, 0.3) is 0 Å². The number of ether oxygens (including phenoxy) is 1. The number of hydrogen-bond donors (Lipinski definition) is 2. The third-order valence-electron chi connectivity index (χ3n) is 4.10. The minimum atomic E-state index is -0.753. The molecule has 0 aliphatic carbocycles. The van der Waals surface area contributed by atoms with Gasteiger partial charge in [-0.05, 0) is 23.3 Å². The number of hydrogen-bond acceptors (Lipinski definition) is 3. The third kappa shape index (κ3) is 4.52. The molecule has 0 heterocycles. The molecule has 3 aromatic carbocycles. The zero-order chi connectivity index (χ0) is 19.1. The Morgan fingerprint density at radius 3 is 1.81 bits per heavy atom. The highest BCUT2D eigenvalue weighted by atomic mass is 16.5. The van der Waals surface area contributed by atoms with Gasteiger partial charge in [-0.3, -0.25) is 9.59 Å². The number of carbonyl (C=O) groups excluding carboxylic acids is 2. The summed E-state index contributed by atoms with van der Waals surface area (Å²) in [4.78, 5) is 24.9. The number of amides is 2. The summed E-state index contributed by atoms with van der Waals surface area (Å²) in [6, 6.07) is 25.5. The molecule has 3 rings (SSSR count). The van der Waals surface area contributed by atoms with E-state index in [1.807, 2.05) is 60.7 Å². The Labute approximate surface area is 158 Å². The molecule has 0 spiro atoms. The molecule has 0 atom stereocenters. The van der Waals surface area contributed by atoms with E-state index in [0.29, 0.717) is 11.4 Å².